The first-order chi connectivity index (χ1) is 12.1. The van der Waals surface area contributed by atoms with Crippen LogP contribution >= 0.6 is 35.7 Å². The van der Waals surface area contributed by atoms with Gasteiger partial charge < -0.3 is 10.6 Å². The van der Waals surface area contributed by atoms with Gasteiger partial charge in [0, 0.05) is 30.7 Å². The minimum atomic E-state index is 0. The van der Waals surface area contributed by atoms with Crippen molar-refractivity contribution in [1.82, 2.24) is 20.4 Å². The lowest BCUT2D eigenvalue weighted by Gasteiger charge is -2.12. The fourth-order valence-electron chi connectivity index (χ4n) is 2.53. The van der Waals surface area contributed by atoms with Crippen molar-refractivity contribution < 1.29 is 0 Å². The Kier molecular flexibility index (Phi) is 10.7. The van der Waals surface area contributed by atoms with Crippen LogP contribution in [0.2, 0.25) is 0 Å². The minimum Gasteiger partial charge on any atom is -0.357 e. The van der Waals surface area contributed by atoms with E-state index in [9.17, 15) is 0 Å². The van der Waals surface area contributed by atoms with Crippen molar-refractivity contribution in [3.05, 3.63) is 47.3 Å². The van der Waals surface area contributed by atoms with E-state index < -0.39 is 0 Å². The molecule has 2 rings (SSSR count). The normalized spacial score (nSPS) is 11.2. The molecule has 0 amide bonds. The highest BCUT2D eigenvalue weighted by Gasteiger charge is 2.03. The zero-order valence-electron chi connectivity index (χ0n) is 16.1. The van der Waals surface area contributed by atoms with Gasteiger partial charge in [-0.25, -0.2) is 4.99 Å². The number of nitrogens with one attached hydrogen (secondary N) is 2. The van der Waals surface area contributed by atoms with Crippen molar-refractivity contribution in [2.75, 3.05) is 19.3 Å². The van der Waals surface area contributed by atoms with Gasteiger partial charge in [-0.1, -0.05) is 12.1 Å². The molecule has 26 heavy (non-hydrogen) atoms. The summed E-state index contributed by atoms with van der Waals surface area (Å²) in [5, 5.41) is 11.0. The molecule has 5 nitrogen and oxygen atoms in total. The van der Waals surface area contributed by atoms with Crippen molar-refractivity contribution in [2.45, 2.75) is 45.2 Å². The van der Waals surface area contributed by atoms with Crippen LogP contribution in [-0.4, -0.2) is 35.1 Å². The van der Waals surface area contributed by atoms with Gasteiger partial charge in [-0.15, -0.1) is 35.7 Å². The number of benzene rings is 1. The van der Waals surface area contributed by atoms with Crippen molar-refractivity contribution in [3.8, 4) is 0 Å². The molecule has 0 fully saturated rings. The zero-order valence-corrected chi connectivity index (χ0v) is 19.2. The highest BCUT2D eigenvalue weighted by Crippen LogP contribution is 2.22. The Morgan fingerprint density at radius 2 is 2.04 bits per heavy atom. The monoisotopic (exact) mass is 487 g/mol. The first-order valence-electron chi connectivity index (χ1n) is 8.77. The molecule has 0 unspecified atom stereocenters. The van der Waals surface area contributed by atoms with Gasteiger partial charge in [0.25, 0.3) is 0 Å². The summed E-state index contributed by atoms with van der Waals surface area (Å²) in [6, 6.07) is 6.55. The van der Waals surface area contributed by atoms with Crippen LogP contribution in [0.4, 0.5) is 0 Å². The summed E-state index contributed by atoms with van der Waals surface area (Å²) >= 11 is 1.78. The highest BCUT2D eigenvalue weighted by molar-refractivity contribution is 14.0. The molecule has 2 N–H and O–H groups in total. The molecule has 0 radical (unpaired) electrons. The molecule has 0 atom stereocenters. The van der Waals surface area contributed by atoms with E-state index in [1.165, 1.54) is 21.6 Å². The van der Waals surface area contributed by atoms with Crippen LogP contribution < -0.4 is 10.6 Å². The Hall–Kier alpha value is -1.22. The fourth-order valence-corrected chi connectivity index (χ4v) is 3.22. The third-order valence-electron chi connectivity index (χ3n) is 3.81. The lowest BCUT2D eigenvalue weighted by atomic mass is 10.1. The standard InChI is InChI=1S/C19H29N5S.HI/c1-5-20-19(21-9-6-10-24-14-16(3)12-23-24)22-13-17-8-7-15(2)11-18(17)25-4;/h7-8,11-12,14H,5-6,9-10,13H2,1-4H3,(H2,20,21,22);1H. The Balaban J connectivity index is 0.00000338. The van der Waals surface area contributed by atoms with E-state index >= 15 is 0 Å². The number of aryl methyl sites for hydroxylation is 3. The Morgan fingerprint density at radius 1 is 1.23 bits per heavy atom. The number of aromatic nitrogens is 2. The van der Waals surface area contributed by atoms with Crippen LogP contribution in [0.1, 0.15) is 30.0 Å². The third kappa shape index (κ3) is 7.57. The van der Waals surface area contributed by atoms with Gasteiger partial charge in [-0.05, 0) is 56.2 Å². The first kappa shape index (κ1) is 22.8. The molecule has 7 heteroatoms. The molecule has 0 saturated carbocycles. The smallest absolute Gasteiger partial charge is 0.191 e. The molecule has 0 aliphatic heterocycles. The van der Waals surface area contributed by atoms with Crippen molar-refractivity contribution in [1.29, 1.82) is 0 Å². The van der Waals surface area contributed by atoms with E-state index in [-0.39, 0.29) is 24.0 Å². The molecular formula is C19H30IN5S. The van der Waals surface area contributed by atoms with Crippen LogP contribution in [0.15, 0.2) is 40.5 Å². The summed E-state index contributed by atoms with van der Waals surface area (Å²) in [5.74, 6) is 0.867. The average Bonchev–Trinajstić information content (AvgIpc) is 3.02. The molecule has 0 aliphatic rings. The lowest BCUT2D eigenvalue weighted by Crippen LogP contribution is -2.38. The quantitative estimate of drug-likeness (QED) is 0.195. The lowest BCUT2D eigenvalue weighted by molar-refractivity contribution is 0.570. The van der Waals surface area contributed by atoms with E-state index in [1.54, 1.807) is 11.8 Å². The fraction of sp³-hybridized carbons (Fsp3) is 0.474. The van der Waals surface area contributed by atoms with E-state index in [1.807, 2.05) is 10.9 Å². The maximum absolute atomic E-state index is 4.73. The third-order valence-corrected chi connectivity index (χ3v) is 4.63. The van der Waals surface area contributed by atoms with Crippen molar-refractivity contribution in [3.63, 3.8) is 0 Å². The highest BCUT2D eigenvalue weighted by atomic mass is 127. The number of rotatable bonds is 8. The predicted octanol–water partition coefficient (Wildman–Crippen LogP) is 3.99. The van der Waals surface area contributed by atoms with Gasteiger partial charge in [0.05, 0.1) is 12.7 Å². The van der Waals surface area contributed by atoms with Crippen LogP contribution in [0.5, 0.6) is 0 Å². The summed E-state index contributed by atoms with van der Waals surface area (Å²) in [6.45, 7) is 9.59. The largest absolute Gasteiger partial charge is 0.357 e. The van der Waals surface area contributed by atoms with Gasteiger partial charge >= 0.3 is 0 Å². The molecule has 0 spiro atoms. The molecule has 0 saturated heterocycles. The van der Waals surface area contributed by atoms with Gasteiger partial charge in [-0.2, -0.15) is 5.10 Å². The summed E-state index contributed by atoms with van der Waals surface area (Å²) in [6.07, 6.45) is 7.08. The Labute approximate surface area is 178 Å². The van der Waals surface area contributed by atoms with E-state index in [0.717, 1.165) is 32.0 Å². The number of hydrogen-bond acceptors (Lipinski definition) is 3. The maximum atomic E-state index is 4.73. The second-order valence-corrected chi connectivity index (χ2v) is 6.92. The number of halogens is 1. The molecule has 1 aromatic carbocycles. The van der Waals surface area contributed by atoms with E-state index in [0.29, 0.717) is 6.54 Å². The minimum absolute atomic E-state index is 0. The average molecular weight is 487 g/mol. The molecule has 144 valence electrons. The topological polar surface area (TPSA) is 54.2 Å². The van der Waals surface area contributed by atoms with Gasteiger partial charge in [0.2, 0.25) is 0 Å². The van der Waals surface area contributed by atoms with E-state index in [4.69, 9.17) is 4.99 Å². The first-order valence-corrected chi connectivity index (χ1v) is 9.99. The summed E-state index contributed by atoms with van der Waals surface area (Å²) < 4.78 is 1.98. The number of thioether (sulfide) groups is 1. The molecule has 0 aliphatic carbocycles. The molecule has 1 heterocycles. The molecule has 0 bridgehead atoms. The van der Waals surface area contributed by atoms with Crippen molar-refractivity contribution >= 4 is 41.7 Å². The second-order valence-electron chi connectivity index (χ2n) is 6.07. The number of nitrogens with zero attached hydrogens (tertiary/aromatic N) is 3. The molecule has 1 aromatic heterocycles. The van der Waals surface area contributed by atoms with Crippen LogP contribution in [0.3, 0.4) is 0 Å². The Bertz CT molecular complexity index is 699. The molecule has 2 aromatic rings. The number of hydrogen-bond donors (Lipinski definition) is 2. The second kappa shape index (κ2) is 12.2. The zero-order chi connectivity index (χ0) is 18.1. The van der Waals surface area contributed by atoms with Gasteiger partial charge in [0.1, 0.15) is 0 Å². The predicted molar refractivity (Wildman–Crippen MR) is 123 cm³/mol. The van der Waals surface area contributed by atoms with E-state index in [2.05, 4.69) is 67.2 Å². The maximum Gasteiger partial charge on any atom is 0.191 e. The number of aliphatic imine (C=N–C) groups is 1. The summed E-state index contributed by atoms with van der Waals surface area (Å²) in [4.78, 5) is 6.03. The van der Waals surface area contributed by atoms with Gasteiger partial charge in [-0.3, -0.25) is 4.68 Å². The van der Waals surface area contributed by atoms with Crippen molar-refractivity contribution in [2.24, 2.45) is 4.99 Å². The molecular weight excluding hydrogens is 457 g/mol. The van der Waals surface area contributed by atoms with Crippen LogP contribution in [0, 0.1) is 13.8 Å². The number of guanidine groups is 1. The Morgan fingerprint density at radius 3 is 2.69 bits per heavy atom. The van der Waals surface area contributed by atoms with Crippen LogP contribution in [0.25, 0.3) is 0 Å². The SMILES string of the molecule is CCNC(=NCc1ccc(C)cc1SC)NCCCn1cc(C)cn1.I. The summed E-state index contributed by atoms with van der Waals surface area (Å²) in [7, 11) is 0. The van der Waals surface area contributed by atoms with Gasteiger partial charge in [0.15, 0.2) is 5.96 Å². The van der Waals surface area contributed by atoms with Crippen LogP contribution in [-0.2, 0) is 13.1 Å². The summed E-state index contributed by atoms with van der Waals surface area (Å²) in [5.41, 5.74) is 3.75.